The third-order valence-corrected chi connectivity index (χ3v) is 5.68. The number of nitrogen functional groups attached to an aromatic ring is 1. The fourth-order valence-corrected chi connectivity index (χ4v) is 3.76. The Hall–Kier alpha value is -4.32. The lowest BCUT2D eigenvalue weighted by Crippen LogP contribution is -2.37. The average Bonchev–Trinajstić information content (AvgIpc) is 2.82. The number of nitrogens with one attached hydrogen (secondary N) is 1. The summed E-state index contributed by atoms with van der Waals surface area (Å²) >= 11 is 0. The van der Waals surface area contributed by atoms with Crippen LogP contribution in [0.5, 0.6) is 0 Å². The molecule has 0 saturated carbocycles. The van der Waals surface area contributed by atoms with Crippen LogP contribution in [0.3, 0.4) is 0 Å². The number of pyridine rings is 3. The van der Waals surface area contributed by atoms with Crippen LogP contribution in [-0.4, -0.2) is 44.8 Å². The van der Waals surface area contributed by atoms with Gasteiger partial charge in [-0.2, -0.15) is 5.26 Å². The van der Waals surface area contributed by atoms with Crippen molar-refractivity contribution in [3.05, 3.63) is 54.5 Å². The van der Waals surface area contributed by atoms with Crippen molar-refractivity contribution < 1.29 is 9.59 Å². The number of carbonyl (C=O) groups excluding carboxylic acids is 2. The van der Waals surface area contributed by atoms with E-state index in [9.17, 15) is 9.59 Å². The maximum absolute atomic E-state index is 12.3. The van der Waals surface area contributed by atoms with Crippen LogP contribution in [0.2, 0.25) is 0 Å². The monoisotopic (exact) mass is 441 g/mol. The van der Waals surface area contributed by atoms with E-state index in [1.807, 2.05) is 19.1 Å². The number of nitrogens with zero attached hydrogens (tertiary/aromatic N) is 5. The topological polar surface area (TPSA) is 138 Å². The van der Waals surface area contributed by atoms with Gasteiger partial charge in [0, 0.05) is 60.7 Å². The van der Waals surface area contributed by atoms with Gasteiger partial charge in [0.1, 0.15) is 11.6 Å². The Kier molecular flexibility index (Phi) is 6.26. The van der Waals surface area contributed by atoms with Gasteiger partial charge in [0.15, 0.2) is 0 Å². The molecule has 1 saturated heterocycles. The lowest BCUT2D eigenvalue weighted by molar-refractivity contribution is -0.127. The van der Waals surface area contributed by atoms with Gasteiger partial charge < -0.3 is 16.0 Å². The molecule has 3 N–H and O–H groups in total. The van der Waals surface area contributed by atoms with Crippen molar-refractivity contribution in [1.82, 2.24) is 19.9 Å². The first-order chi connectivity index (χ1) is 15.9. The maximum Gasteiger partial charge on any atom is 0.249 e. The molecule has 3 aromatic heterocycles. The van der Waals surface area contributed by atoms with Crippen molar-refractivity contribution >= 4 is 34.2 Å². The zero-order chi connectivity index (χ0) is 23.4. The van der Waals surface area contributed by atoms with Gasteiger partial charge in [-0.3, -0.25) is 14.6 Å². The molecule has 0 aromatic carbocycles. The number of anilines is 2. The summed E-state index contributed by atoms with van der Waals surface area (Å²) in [6.07, 6.45) is 8.75. The van der Waals surface area contributed by atoms with E-state index in [2.05, 4.69) is 26.3 Å². The normalized spacial score (nSPS) is 14.4. The Balaban J connectivity index is 1.48. The van der Waals surface area contributed by atoms with E-state index >= 15 is 0 Å². The van der Waals surface area contributed by atoms with Crippen molar-refractivity contribution in [3.63, 3.8) is 0 Å². The van der Waals surface area contributed by atoms with Crippen LogP contribution in [0, 0.1) is 24.2 Å². The summed E-state index contributed by atoms with van der Waals surface area (Å²) in [5, 5.41) is 13.1. The first-order valence-corrected chi connectivity index (χ1v) is 10.6. The van der Waals surface area contributed by atoms with Gasteiger partial charge in [0.05, 0.1) is 11.8 Å². The number of fused-ring (bicyclic) bond motifs is 1. The van der Waals surface area contributed by atoms with Gasteiger partial charge in [0.2, 0.25) is 11.8 Å². The predicted molar refractivity (Wildman–Crippen MR) is 125 cm³/mol. The quantitative estimate of drug-likeness (QED) is 0.594. The molecule has 9 heteroatoms. The molecule has 166 valence electrons. The van der Waals surface area contributed by atoms with Gasteiger partial charge in [0.25, 0.3) is 0 Å². The predicted octanol–water partition coefficient (Wildman–Crippen LogP) is 2.84. The third kappa shape index (κ3) is 4.96. The van der Waals surface area contributed by atoms with Crippen LogP contribution in [0.15, 0.2) is 48.9 Å². The molecule has 1 fully saturated rings. The first-order valence-electron chi connectivity index (χ1n) is 10.6. The highest BCUT2D eigenvalue weighted by Crippen LogP contribution is 2.28. The Bertz CT molecular complexity index is 1290. The minimum Gasteiger partial charge on any atom is -0.383 e. The van der Waals surface area contributed by atoms with Gasteiger partial charge in [-0.05, 0) is 48.9 Å². The van der Waals surface area contributed by atoms with Crippen LogP contribution >= 0.6 is 0 Å². The maximum atomic E-state index is 12.3. The van der Waals surface area contributed by atoms with E-state index in [0.717, 1.165) is 16.5 Å². The second-order valence-electron chi connectivity index (χ2n) is 7.93. The number of aromatic nitrogens is 3. The number of amides is 2. The fourth-order valence-electron chi connectivity index (χ4n) is 3.76. The van der Waals surface area contributed by atoms with Crippen LogP contribution in [0.1, 0.15) is 18.4 Å². The van der Waals surface area contributed by atoms with Gasteiger partial charge in [-0.1, -0.05) is 0 Å². The van der Waals surface area contributed by atoms with Crippen molar-refractivity contribution in [2.45, 2.75) is 19.8 Å². The summed E-state index contributed by atoms with van der Waals surface area (Å²) in [6.45, 7) is 3.00. The van der Waals surface area contributed by atoms with Crippen molar-refractivity contribution in [2.24, 2.45) is 5.92 Å². The number of hydrogen-bond acceptors (Lipinski definition) is 7. The summed E-state index contributed by atoms with van der Waals surface area (Å²) in [5.74, 6) is -0.0522. The molecule has 1 aliphatic rings. The van der Waals surface area contributed by atoms with Crippen molar-refractivity contribution in [2.75, 3.05) is 24.1 Å². The van der Waals surface area contributed by atoms with E-state index in [-0.39, 0.29) is 11.8 Å². The molecule has 0 radical (unpaired) electrons. The molecule has 0 unspecified atom stereocenters. The lowest BCUT2D eigenvalue weighted by Gasteiger charge is -2.28. The second-order valence-corrected chi connectivity index (χ2v) is 7.93. The number of carbonyl (C=O) groups is 2. The van der Waals surface area contributed by atoms with Crippen LogP contribution in [0.4, 0.5) is 11.6 Å². The van der Waals surface area contributed by atoms with E-state index < -0.39 is 5.91 Å². The number of likely N-dealkylation sites (tertiary alicyclic amines) is 1. The van der Waals surface area contributed by atoms with Gasteiger partial charge >= 0.3 is 0 Å². The van der Waals surface area contributed by atoms with Crippen LogP contribution in [0.25, 0.3) is 22.0 Å². The summed E-state index contributed by atoms with van der Waals surface area (Å²) in [5.41, 5.74) is 8.70. The van der Waals surface area contributed by atoms with Gasteiger partial charge in [-0.15, -0.1) is 0 Å². The van der Waals surface area contributed by atoms with Crippen molar-refractivity contribution in [3.8, 4) is 17.3 Å². The molecule has 0 atom stereocenters. The van der Waals surface area contributed by atoms with E-state index in [0.29, 0.717) is 48.6 Å². The molecule has 9 nitrogen and oxygen atoms in total. The second kappa shape index (κ2) is 9.44. The Morgan fingerprint density at radius 3 is 2.76 bits per heavy atom. The molecular weight excluding hydrogens is 418 g/mol. The van der Waals surface area contributed by atoms with Crippen molar-refractivity contribution in [1.29, 1.82) is 5.26 Å². The highest BCUT2D eigenvalue weighted by atomic mass is 16.2. The number of hydrogen-bond donors (Lipinski definition) is 2. The summed E-state index contributed by atoms with van der Waals surface area (Å²) in [7, 11) is 0. The van der Waals surface area contributed by atoms with Crippen LogP contribution in [-0.2, 0) is 9.59 Å². The molecule has 1 aliphatic heterocycles. The zero-order valence-corrected chi connectivity index (χ0v) is 18.2. The van der Waals surface area contributed by atoms with E-state index in [1.165, 1.54) is 12.2 Å². The largest absolute Gasteiger partial charge is 0.383 e. The summed E-state index contributed by atoms with van der Waals surface area (Å²) < 4.78 is 0. The molecule has 2 amide bonds. The third-order valence-electron chi connectivity index (χ3n) is 5.68. The lowest BCUT2D eigenvalue weighted by atomic mass is 9.98. The Morgan fingerprint density at radius 2 is 2.03 bits per heavy atom. The van der Waals surface area contributed by atoms with E-state index in [1.54, 1.807) is 29.6 Å². The molecule has 4 rings (SSSR count). The minimum absolute atomic E-state index is 0.00729. The minimum atomic E-state index is -0.465. The van der Waals surface area contributed by atoms with E-state index in [4.69, 9.17) is 11.0 Å². The Labute approximate surface area is 191 Å². The number of piperidine rings is 1. The summed E-state index contributed by atoms with van der Waals surface area (Å²) in [4.78, 5) is 39.1. The fraction of sp³-hybridized carbons (Fsp3) is 0.250. The number of aryl methyl sites for hydroxylation is 1. The molecule has 0 aliphatic carbocycles. The number of nitriles is 1. The zero-order valence-electron chi connectivity index (χ0n) is 18.2. The summed E-state index contributed by atoms with van der Waals surface area (Å²) in [6, 6.07) is 7.71. The smallest absolute Gasteiger partial charge is 0.249 e. The van der Waals surface area contributed by atoms with Gasteiger partial charge in [-0.25, -0.2) is 9.97 Å². The molecule has 4 heterocycles. The highest BCUT2D eigenvalue weighted by Gasteiger charge is 2.21. The standard InChI is InChI=1S/C24H23N7O2/c1-15-4-7-27-13-18(15)20-10-17-11-21(28-14-19(17)24(26)29-20)30-22(32)2-3-23(33)31-8-5-16(12-25)6-9-31/h2-4,7,10-11,13-14,16H,5-6,8-9H2,1H3,(H2,26,29)(H,28,30,32)/b3-2+. The molecule has 0 spiro atoms. The Morgan fingerprint density at radius 1 is 1.24 bits per heavy atom. The molecule has 33 heavy (non-hydrogen) atoms. The molecule has 3 aromatic rings. The SMILES string of the molecule is Cc1ccncc1-c1cc2cc(NC(=O)/C=C/C(=O)N3CCC(C#N)CC3)ncc2c(N)n1. The van der Waals surface area contributed by atoms with Crippen LogP contribution < -0.4 is 11.1 Å². The highest BCUT2D eigenvalue weighted by molar-refractivity contribution is 6.04. The number of rotatable bonds is 4. The molecule has 0 bridgehead atoms. The first kappa shape index (κ1) is 21.9. The number of nitrogens with two attached hydrogens (primary N) is 1. The average molecular weight is 441 g/mol. The molecular formula is C24H23N7O2.